The van der Waals surface area contributed by atoms with Crippen molar-refractivity contribution >= 4 is 11.8 Å². The lowest BCUT2D eigenvalue weighted by atomic mass is 9.95. The summed E-state index contributed by atoms with van der Waals surface area (Å²) in [4.78, 5) is 30.0. The van der Waals surface area contributed by atoms with Crippen LogP contribution < -0.4 is 5.32 Å². The monoisotopic (exact) mass is 391 g/mol. The number of benzene rings is 1. The van der Waals surface area contributed by atoms with Gasteiger partial charge in [-0.25, -0.2) is 0 Å². The molecular formula is C20H20F3N3O2. The van der Waals surface area contributed by atoms with Crippen molar-refractivity contribution in [2.45, 2.75) is 19.0 Å². The number of pyridine rings is 1. The van der Waals surface area contributed by atoms with E-state index in [1.165, 1.54) is 29.3 Å². The van der Waals surface area contributed by atoms with Crippen LogP contribution in [0.15, 0.2) is 48.8 Å². The van der Waals surface area contributed by atoms with E-state index in [9.17, 15) is 22.8 Å². The minimum atomic E-state index is -4.57. The number of nitrogens with one attached hydrogen (secondary N) is 1. The number of rotatable bonds is 4. The van der Waals surface area contributed by atoms with Gasteiger partial charge in [0.05, 0.1) is 16.7 Å². The SMILES string of the molecule is O=C(NCC1CCN(C(=O)c2ccccc2C(F)(F)F)CC1)c1cccnc1. The third kappa shape index (κ3) is 4.68. The molecule has 0 radical (unpaired) electrons. The Morgan fingerprint density at radius 3 is 2.46 bits per heavy atom. The Morgan fingerprint density at radius 2 is 1.82 bits per heavy atom. The molecule has 0 saturated carbocycles. The summed E-state index contributed by atoms with van der Waals surface area (Å²) in [6, 6.07) is 8.19. The molecule has 2 aromatic rings. The zero-order valence-electron chi connectivity index (χ0n) is 15.1. The summed E-state index contributed by atoms with van der Waals surface area (Å²) in [5.74, 6) is -0.654. The van der Waals surface area contributed by atoms with Gasteiger partial charge in [0.15, 0.2) is 0 Å². The van der Waals surface area contributed by atoms with Crippen LogP contribution in [0.5, 0.6) is 0 Å². The maximum Gasteiger partial charge on any atom is 0.417 e. The van der Waals surface area contributed by atoms with Crippen molar-refractivity contribution in [3.8, 4) is 0 Å². The second-order valence-electron chi connectivity index (χ2n) is 6.73. The molecule has 5 nitrogen and oxygen atoms in total. The Morgan fingerprint density at radius 1 is 1.11 bits per heavy atom. The highest BCUT2D eigenvalue weighted by Crippen LogP contribution is 2.32. The largest absolute Gasteiger partial charge is 0.417 e. The number of carbonyl (C=O) groups excluding carboxylic acids is 2. The average Bonchev–Trinajstić information content (AvgIpc) is 2.72. The van der Waals surface area contributed by atoms with Gasteiger partial charge in [0.2, 0.25) is 0 Å². The fourth-order valence-corrected chi connectivity index (χ4v) is 3.26. The van der Waals surface area contributed by atoms with E-state index in [0.29, 0.717) is 38.0 Å². The molecule has 1 aliphatic rings. The Labute approximate surface area is 160 Å². The number of likely N-dealkylation sites (tertiary alicyclic amines) is 1. The lowest BCUT2D eigenvalue weighted by Crippen LogP contribution is -2.42. The maximum atomic E-state index is 13.1. The van der Waals surface area contributed by atoms with Crippen LogP contribution >= 0.6 is 0 Å². The highest BCUT2D eigenvalue weighted by Gasteiger charge is 2.36. The van der Waals surface area contributed by atoms with Crippen LogP contribution in [0.3, 0.4) is 0 Å². The molecule has 0 atom stereocenters. The van der Waals surface area contributed by atoms with E-state index in [4.69, 9.17) is 0 Å². The summed E-state index contributed by atoms with van der Waals surface area (Å²) in [6.45, 7) is 1.17. The number of nitrogens with zero attached hydrogens (tertiary/aromatic N) is 2. The molecule has 2 amide bonds. The number of piperidine rings is 1. The van der Waals surface area contributed by atoms with Crippen molar-refractivity contribution in [1.29, 1.82) is 0 Å². The van der Waals surface area contributed by atoms with Gasteiger partial charge in [-0.1, -0.05) is 12.1 Å². The molecular weight excluding hydrogens is 371 g/mol. The third-order valence-electron chi connectivity index (χ3n) is 4.84. The smallest absolute Gasteiger partial charge is 0.352 e. The number of hydrogen-bond acceptors (Lipinski definition) is 3. The highest BCUT2D eigenvalue weighted by molar-refractivity contribution is 5.96. The zero-order chi connectivity index (χ0) is 20.1. The highest BCUT2D eigenvalue weighted by atomic mass is 19.4. The number of halogens is 3. The maximum absolute atomic E-state index is 13.1. The molecule has 0 bridgehead atoms. The van der Waals surface area contributed by atoms with Gasteiger partial charge in [-0.3, -0.25) is 14.6 Å². The summed E-state index contributed by atoms with van der Waals surface area (Å²) < 4.78 is 39.4. The summed E-state index contributed by atoms with van der Waals surface area (Å²) >= 11 is 0. The molecule has 0 spiro atoms. The molecule has 148 valence electrons. The standard InChI is InChI=1S/C20H20F3N3O2/c21-20(22,23)17-6-2-1-5-16(17)19(28)26-10-7-14(8-11-26)12-25-18(27)15-4-3-9-24-13-15/h1-6,9,13-14H,7-8,10-12H2,(H,25,27). The van der Waals surface area contributed by atoms with Crippen molar-refractivity contribution in [3.05, 3.63) is 65.5 Å². The van der Waals surface area contributed by atoms with Crippen LogP contribution in [0.1, 0.15) is 39.1 Å². The fraction of sp³-hybridized carbons (Fsp3) is 0.350. The van der Waals surface area contributed by atoms with Crippen molar-refractivity contribution < 1.29 is 22.8 Å². The molecule has 0 aliphatic carbocycles. The molecule has 3 rings (SSSR count). The van der Waals surface area contributed by atoms with Crippen LogP contribution in [0.2, 0.25) is 0 Å². The number of hydrogen-bond donors (Lipinski definition) is 1. The van der Waals surface area contributed by atoms with Gasteiger partial charge < -0.3 is 10.2 Å². The first-order chi connectivity index (χ1) is 13.4. The number of amides is 2. The Balaban J connectivity index is 1.54. The normalized spacial score (nSPS) is 15.3. The second-order valence-corrected chi connectivity index (χ2v) is 6.73. The molecule has 28 heavy (non-hydrogen) atoms. The number of aromatic nitrogens is 1. The van der Waals surface area contributed by atoms with Gasteiger partial charge in [-0.2, -0.15) is 13.2 Å². The van der Waals surface area contributed by atoms with E-state index in [0.717, 1.165) is 6.07 Å². The van der Waals surface area contributed by atoms with Crippen LogP contribution in [-0.4, -0.2) is 41.3 Å². The molecule has 8 heteroatoms. The van der Waals surface area contributed by atoms with E-state index in [1.807, 2.05) is 0 Å². The fourth-order valence-electron chi connectivity index (χ4n) is 3.26. The molecule has 1 aromatic carbocycles. The average molecular weight is 391 g/mol. The number of alkyl halides is 3. The van der Waals surface area contributed by atoms with Crippen LogP contribution in [0.25, 0.3) is 0 Å². The van der Waals surface area contributed by atoms with E-state index in [1.54, 1.807) is 18.3 Å². The minimum absolute atomic E-state index is 0.169. The summed E-state index contributed by atoms with van der Waals surface area (Å²) in [5, 5.41) is 2.84. The molecule has 1 aliphatic heterocycles. The number of carbonyl (C=O) groups is 2. The zero-order valence-corrected chi connectivity index (χ0v) is 15.1. The van der Waals surface area contributed by atoms with Gasteiger partial charge in [-0.05, 0) is 43.0 Å². The molecule has 2 heterocycles. The van der Waals surface area contributed by atoms with Crippen molar-refractivity contribution in [1.82, 2.24) is 15.2 Å². The van der Waals surface area contributed by atoms with Gasteiger partial charge in [0.25, 0.3) is 11.8 Å². The summed E-state index contributed by atoms with van der Waals surface area (Å²) in [6.07, 6.45) is -0.267. The molecule has 0 unspecified atom stereocenters. The van der Waals surface area contributed by atoms with E-state index < -0.39 is 17.6 Å². The predicted octanol–water partition coefficient (Wildman–Crippen LogP) is 3.38. The first-order valence-electron chi connectivity index (χ1n) is 9.00. The Hall–Kier alpha value is -2.90. The van der Waals surface area contributed by atoms with Gasteiger partial charge in [-0.15, -0.1) is 0 Å². The molecule has 1 saturated heterocycles. The van der Waals surface area contributed by atoms with Crippen molar-refractivity contribution in [2.75, 3.05) is 19.6 Å². The van der Waals surface area contributed by atoms with Crippen LogP contribution in [0, 0.1) is 5.92 Å². The quantitative estimate of drug-likeness (QED) is 0.869. The summed E-state index contributed by atoms with van der Waals surface area (Å²) in [5.41, 5.74) is -0.761. The summed E-state index contributed by atoms with van der Waals surface area (Å²) in [7, 11) is 0. The first kappa shape index (κ1) is 19.9. The van der Waals surface area contributed by atoms with Crippen molar-refractivity contribution in [3.63, 3.8) is 0 Å². The lowest BCUT2D eigenvalue weighted by molar-refractivity contribution is -0.138. The third-order valence-corrected chi connectivity index (χ3v) is 4.84. The molecule has 1 aromatic heterocycles. The topological polar surface area (TPSA) is 62.3 Å². The van der Waals surface area contributed by atoms with Gasteiger partial charge in [0.1, 0.15) is 0 Å². The van der Waals surface area contributed by atoms with Gasteiger partial charge in [0, 0.05) is 32.0 Å². The molecule has 1 N–H and O–H groups in total. The van der Waals surface area contributed by atoms with E-state index in [2.05, 4.69) is 10.3 Å². The lowest BCUT2D eigenvalue weighted by Gasteiger charge is -2.32. The van der Waals surface area contributed by atoms with E-state index >= 15 is 0 Å². The molecule has 1 fully saturated rings. The Bertz CT molecular complexity index is 832. The van der Waals surface area contributed by atoms with Crippen LogP contribution in [-0.2, 0) is 6.18 Å². The van der Waals surface area contributed by atoms with Gasteiger partial charge >= 0.3 is 6.18 Å². The second kappa shape index (κ2) is 8.41. The van der Waals surface area contributed by atoms with Crippen LogP contribution in [0.4, 0.5) is 13.2 Å². The first-order valence-corrected chi connectivity index (χ1v) is 9.00. The Kier molecular flexibility index (Phi) is 5.96. The van der Waals surface area contributed by atoms with Crippen molar-refractivity contribution in [2.24, 2.45) is 5.92 Å². The van der Waals surface area contributed by atoms with E-state index in [-0.39, 0.29) is 17.4 Å². The predicted molar refractivity (Wildman–Crippen MR) is 96.6 cm³/mol. The minimum Gasteiger partial charge on any atom is -0.352 e.